The Hall–Kier alpha value is -3.12. The maximum Gasteiger partial charge on any atom is 0.335 e. The van der Waals surface area contributed by atoms with E-state index in [4.69, 9.17) is 16.3 Å². The molecule has 0 aromatic heterocycles. The molecule has 0 saturated carbocycles. The van der Waals surface area contributed by atoms with Crippen molar-refractivity contribution in [1.29, 1.82) is 0 Å². The van der Waals surface area contributed by atoms with Gasteiger partial charge in [0, 0.05) is 5.02 Å². The van der Waals surface area contributed by atoms with Crippen LogP contribution in [0.4, 0.5) is 10.5 Å². The number of nitrogens with one attached hydrogen (secondary N) is 1. The van der Waals surface area contributed by atoms with Crippen molar-refractivity contribution < 1.29 is 19.1 Å². The summed E-state index contributed by atoms with van der Waals surface area (Å²) in [5, 5.41) is 2.66. The first-order valence-corrected chi connectivity index (χ1v) is 9.20. The fourth-order valence-corrected chi connectivity index (χ4v) is 2.73. The lowest BCUT2D eigenvalue weighted by Gasteiger charge is -2.26. The monoisotopic (exact) mass is 398 g/mol. The molecule has 0 spiro atoms. The third-order valence-corrected chi connectivity index (χ3v) is 4.54. The first-order chi connectivity index (χ1) is 13.4. The third kappa shape index (κ3) is 4.23. The summed E-state index contributed by atoms with van der Waals surface area (Å²) in [4.78, 5) is 38.1. The summed E-state index contributed by atoms with van der Waals surface area (Å²) in [5.74, 6) is -0.731. The number of barbiturate groups is 1. The van der Waals surface area contributed by atoms with Crippen LogP contribution in [0.2, 0.25) is 5.02 Å². The highest BCUT2D eigenvalue weighted by Crippen LogP contribution is 2.24. The van der Waals surface area contributed by atoms with E-state index in [0.29, 0.717) is 22.0 Å². The average molecular weight is 399 g/mol. The Morgan fingerprint density at radius 2 is 1.71 bits per heavy atom. The van der Waals surface area contributed by atoms with Gasteiger partial charge in [0.05, 0.1) is 11.8 Å². The topological polar surface area (TPSA) is 75.7 Å². The van der Waals surface area contributed by atoms with Crippen LogP contribution in [0.25, 0.3) is 6.08 Å². The first-order valence-electron chi connectivity index (χ1n) is 8.82. The number of urea groups is 1. The van der Waals surface area contributed by atoms with Crippen molar-refractivity contribution in [3.05, 3.63) is 64.7 Å². The van der Waals surface area contributed by atoms with Gasteiger partial charge in [0.2, 0.25) is 0 Å². The number of imide groups is 2. The molecular weight excluding hydrogens is 380 g/mol. The van der Waals surface area contributed by atoms with Crippen LogP contribution in [0, 0.1) is 0 Å². The molecule has 3 rings (SSSR count). The van der Waals surface area contributed by atoms with Gasteiger partial charge in [-0.05, 0) is 61.4 Å². The Morgan fingerprint density at radius 3 is 2.32 bits per heavy atom. The number of amides is 4. The molecule has 1 fully saturated rings. The minimum Gasteiger partial charge on any atom is -0.491 e. The molecule has 6 nitrogen and oxygen atoms in total. The molecular formula is C21H19ClN2O4. The Bertz CT molecular complexity index is 936. The molecule has 144 valence electrons. The summed E-state index contributed by atoms with van der Waals surface area (Å²) in [6.45, 7) is 4.01. The van der Waals surface area contributed by atoms with E-state index in [9.17, 15) is 14.4 Å². The summed E-state index contributed by atoms with van der Waals surface area (Å²) in [6, 6.07) is 12.4. The number of ether oxygens (including phenoxy) is 1. The molecule has 4 amide bonds. The molecule has 1 unspecified atom stereocenters. The van der Waals surface area contributed by atoms with E-state index in [1.165, 1.54) is 18.2 Å². The van der Waals surface area contributed by atoms with Crippen molar-refractivity contribution in [3.63, 3.8) is 0 Å². The van der Waals surface area contributed by atoms with Gasteiger partial charge in [0.15, 0.2) is 0 Å². The van der Waals surface area contributed by atoms with E-state index in [1.807, 2.05) is 13.8 Å². The van der Waals surface area contributed by atoms with Crippen LogP contribution in [0.3, 0.4) is 0 Å². The SMILES string of the molecule is CCC(C)Oc1ccc(C=C2C(=O)NC(=O)N(c3ccc(Cl)cc3)C2=O)cc1. The second kappa shape index (κ2) is 8.27. The van der Waals surface area contributed by atoms with Gasteiger partial charge < -0.3 is 4.74 Å². The number of rotatable bonds is 5. The highest BCUT2D eigenvalue weighted by Gasteiger charge is 2.36. The van der Waals surface area contributed by atoms with Crippen LogP contribution in [-0.4, -0.2) is 23.9 Å². The maximum absolute atomic E-state index is 12.8. The molecule has 7 heteroatoms. The summed E-state index contributed by atoms with van der Waals surface area (Å²) in [7, 11) is 0. The molecule has 2 aromatic carbocycles. The number of nitrogens with zero attached hydrogens (tertiary/aromatic N) is 1. The minimum absolute atomic E-state index is 0.0915. The second-order valence-corrected chi connectivity index (χ2v) is 6.78. The van der Waals surface area contributed by atoms with Crippen molar-refractivity contribution >= 4 is 41.2 Å². The van der Waals surface area contributed by atoms with Crippen LogP contribution >= 0.6 is 11.6 Å². The smallest absolute Gasteiger partial charge is 0.335 e. The summed E-state index contributed by atoms with van der Waals surface area (Å²) in [5.41, 5.74) is 0.827. The zero-order valence-electron chi connectivity index (χ0n) is 15.4. The molecule has 0 aliphatic carbocycles. The number of hydrogen-bond donors (Lipinski definition) is 1. The van der Waals surface area contributed by atoms with Gasteiger partial charge >= 0.3 is 6.03 Å². The molecule has 0 radical (unpaired) electrons. The van der Waals surface area contributed by atoms with Crippen LogP contribution < -0.4 is 15.0 Å². The van der Waals surface area contributed by atoms with E-state index in [-0.39, 0.29) is 11.7 Å². The molecule has 1 aliphatic rings. The Kier molecular flexibility index (Phi) is 5.80. The average Bonchev–Trinajstić information content (AvgIpc) is 2.67. The van der Waals surface area contributed by atoms with Crippen molar-refractivity contribution in [1.82, 2.24) is 5.32 Å². The lowest BCUT2D eigenvalue weighted by molar-refractivity contribution is -0.122. The molecule has 28 heavy (non-hydrogen) atoms. The largest absolute Gasteiger partial charge is 0.491 e. The predicted molar refractivity (Wildman–Crippen MR) is 107 cm³/mol. The Balaban J connectivity index is 1.87. The predicted octanol–water partition coefficient (Wildman–Crippen LogP) is 4.18. The zero-order chi connectivity index (χ0) is 20.3. The number of halogens is 1. The van der Waals surface area contributed by atoms with E-state index in [2.05, 4.69) is 5.32 Å². The van der Waals surface area contributed by atoms with Gasteiger partial charge in [-0.1, -0.05) is 30.7 Å². The zero-order valence-corrected chi connectivity index (χ0v) is 16.2. The summed E-state index contributed by atoms with van der Waals surface area (Å²) < 4.78 is 5.72. The second-order valence-electron chi connectivity index (χ2n) is 6.34. The maximum atomic E-state index is 12.8. The quantitative estimate of drug-likeness (QED) is 0.605. The first kappa shape index (κ1) is 19.6. The molecule has 1 aliphatic heterocycles. The minimum atomic E-state index is -0.799. The number of carbonyl (C=O) groups is 3. The van der Waals surface area contributed by atoms with Crippen LogP contribution in [0.5, 0.6) is 5.75 Å². The van der Waals surface area contributed by atoms with Crippen LogP contribution in [0.1, 0.15) is 25.8 Å². The summed E-state index contributed by atoms with van der Waals surface area (Å²) >= 11 is 5.86. The number of benzene rings is 2. The van der Waals surface area contributed by atoms with E-state index in [1.54, 1.807) is 36.4 Å². The lowest BCUT2D eigenvalue weighted by atomic mass is 10.1. The Morgan fingerprint density at radius 1 is 1.07 bits per heavy atom. The molecule has 1 saturated heterocycles. The molecule has 1 N–H and O–H groups in total. The third-order valence-electron chi connectivity index (χ3n) is 4.29. The van der Waals surface area contributed by atoms with Crippen LogP contribution in [0.15, 0.2) is 54.1 Å². The lowest BCUT2D eigenvalue weighted by Crippen LogP contribution is -2.54. The molecule has 2 aromatic rings. The molecule has 1 atom stereocenters. The number of anilines is 1. The highest BCUT2D eigenvalue weighted by molar-refractivity contribution is 6.39. The van der Waals surface area contributed by atoms with Crippen molar-refractivity contribution in [2.45, 2.75) is 26.4 Å². The van der Waals surface area contributed by atoms with Crippen LogP contribution in [-0.2, 0) is 9.59 Å². The van der Waals surface area contributed by atoms with Crippen molar-refractivity contribution in [2.24, 2.45) is 0 Å². The van der Waals surface area contributed by atoms with Crippen molar-refractivity contribution in [3.8, 4) is 5.75 Å². The van der Waals surface area contributed by atoms with Gasteiger partial charge in [0.1, 0.15) is 11.3 Å². The van der Waals surface area contributed by atoms with E-state index < -0.39 is 17.8 Å². The Labute approximate surface area is 167 Å². The fraction of sp³-hybridized carbons (Fsp3) is 0.190. The van der Waals surface area contributed by atoms with E-state index in [0.717, 1.165) is 11.3 Å². The van der Waals surface area contributed by atoms with Gasteiger partial charge in [-0.15, -0.1) is 0 Å². The van der Waals surface area contributed by atoms with Crippen molar-refractivity contribution in [2.75, 3.05) is 4.90 Å². The normalized spacial score (nSPS) is 16.9. The van der Waals surface area contributed by atoms with Gasteiger partial charge in [-0.3, -0.25) is 14.9 Å². The van der Waals surface area contributed by atoms with Gasteiger partial charge in [-0.25, -0.2) is 9.69 Å². The van der Waals surface area contributed by atoms with E-state index >= 15 is 0 Å². The van der Waals surface area contributed by atoms with Gasteiger partial charge in [-0.2, -0.15) is 0 Å². The standard InChI is InChI=1S/C21H19ClN2O4/c1-3-13(2)28-17-10-4-14(5-11-17)12-18-19(25)23-21(27)24(20(18)26)16-8-6-15(22)7-9-16/h4-13H,3H2,1-2H3,(H,23,25,27). The number of hydrogen-bond acceptors (Lipinski definition) is 4. The van der Waals surface area contributed by atoms with Gasteiger partial charge in [0.25, 0.3) is 11.8 Å². The fourth-order valence-electron chi connectivity index (χ4n) is 2.61. The number of carbonyl (C=O) groups excluding carboxylic acids is 3. The summed E-state index contributed by atoms with van der Waals surface area (Å²) in [6.07, 6.45) is 2.42. The highest BCUT2D eigenvalue weighted by atomic mass is 35.5. The molecule has 0 bridgehead atoms. The molecule has 1 heterocycles.